The maximum absolute atomic E-state index is 13.7. The molecule has 1 unspecified atom stereocenters. The highest BCUT2D eigenvalue weighted by Gasteiger charge is 2.41. The Morgan fingerprint density at radius 3 is 2.68 bits per heavy atom. The largest absolute Gasteiger partial charge is 0.480 e. The fourth-order valence-electron chi connectivity index (χ4n) is 2.55. The molecular formula is C16H16F3N7O2. The van der Waals surface area contributed by atoms with Crippen LogP contribution in [0.4, 0.5) is 13.2 Å². The second kappa shape index (κ2) is 7.66. The smallest absolute Gasteiger partial charge is 0.434 e. The summed E-state index contributed by atoms with van der Waals surface area (Å²) in [5.41, 5.74) is -1.85. The van der Waals surface area contributed by atoms with Crippen LogP contribution in [-0.2, 0) is 12.7 Å². The van der Waals surface area contributed by atoms with E-state index in [1.54, 1.807) is 30.2 Å². The average molecular weight is 395 g/mol. The van der Waals surface area contributed by atoms with Crippen molar-refractivity contribution in [2.24, 2.45) is 0 Å². The van der Waals surface area contributed by atoms with Gasteiger partial charge in [0.25, 0.3) is 5.91 Å². The van der Waals surface area contributed by atoms with E-state index in [-0.39, 0.29) is 11.7 Å². The highest BCUT2D eigenvalue weighted by molar-refractivity contribution is 5.95. The molecule has 0 aliphatic heterocycles. The zero-order valence-corrected chi connectivity index (χ0v) is 14.9. The Bertz CT molecular complexity index is 936. The lowest BCUT2D eigenvalue weighted by atomic mass is 10.2. The molecule has 3 aromatic heterocycles. The quantitative estimate of drug-likeness (QED) is 0.682. The predicted molar refractivity (Wildman–Crippen MR) is 89.9 cm³/mol. The minimum Gasteiger partial charge on any atom is -0.480 e. The van der Waals surface area contributed by atoms with Gasteiger partial charge in [-0.15, -0.1) is 10.2 Å². The van der Waals surface area contributed by atoms with Gasteiger partial charge in [-0.3, -0.25) is 4.79 Å². The first kappa shape index (κ1) is 19.3. The van der Waals surface area contributed by atoms with Gasteiger partial charge >= 0.3 is 6.18 Å². The summed E-state index contributed by atoms with van der Waals surface area (Å²) in [5.74, 6) is -0.956. The molecule has 28 heavy (non-hydrogen) atoms. The van der Waals surface area contributed by atoms with Crippen molar-refractivity contribution >= 4 is 5.91 Å². The van der Waals surface area contributed by atoms with Gasteiger partial charge in [0.05, 0.1) is 25.2 Å². The number of alkyl halides is 3. The summed E-state index contributed by atoms with van der Waals surface area (Å²) < 4.78 is 48.0. The monoisotopic (exact) mass is 395 g/mol. The molecule has 3 heterocycles. The zero-order chi connectivity index (χ0) is 20.3. The molecule has 1 N–H and O–H groups in total. The van der Waals surface area contributed by atoms with Gasteiger partial charge < -0.3 is 14.6 Å². The maximum Gasteiger partial charge on any atom is 0.434 e. The zero-order valence-electron chi connectivity index (χ0n) is 14.9. The number of aromatic nitrogens is 6. The molecule has 0 radical (unpaired) electrons. The summed E-state index contributed by atoms with van der Waals surface area (Å²) in [6.07, 6.45) is 0.816. The van der Waals surface area contributed by atoms with Gasteiger partial charge in [-0.1, -0.05) is 0 Å². The van der Waals surface area contributed by atoms with Gasteiger partial charge in [-0.05, 0) is 13.0 Å². The molecule has 1 atom stereocenters. The van der Waals surface area contributed by atoms with Crippen LogP contribution >= 0.6 is 0 Å². The van der Waals surface area contributed by atoms with Crippen molar-refractivity contribution in [1.29, 1.82) is 0 Å². The molecule has 0 spiro atoms. The molecule has 0 aromatic carbocycles. The SMILES string of the molecule is COc1ccc(-n2ncc(C(=O)NC(C)Cn3ccnc3)c2C(F)(F)F)nn1. The summed E-state index contributed by atoms with van der Waals surface area (Å²) in [6, 6.07) is 2.17. The number of nitrogens with zero attached hydrogens (tertiary/aromatic N) is 6. The molecule has 0 fully saturated rings. The van der Waals surface area contributed by atoms with Crippen molar-refractivity contribution in [3.63, 3.8) is 0 Å². The highest BCUT2D eigenvalue weighted by Crippen LogP contribution is 2.33. The lowest BCUT2D eigenvalue weighted by Crippen LogP contribution is -2.36. The molecule has 148 valence electrons. The van der Waals surface area contributed by atoms with Gasteiger partial charge in [0.2, 0.25) is 5.88 Å². The summed E-state index contributed by atoms with van der Waals surface area (Å²) in [4.78, 5) is 16.3. The summed E-state index contributed by atoms with van der Waals surface area (Å²) in [7, 11) is 1.35. The van der Waals surface area contributed by atoms with Crippen LogP contribution in [0.25, 0.3) is 5.82 Å². The Labute approximate surface area is 157 Å². The Morgan fingerprint density at radius 2 is 2.11 bits per heavy atom. The van der Waals surface area contributed by atoms with Gasteiger partial charge in [0, 0.05) is 31.0 Å². The second-order valence-electron chi connectivity index (χ2n) is 5.88. The Morgan fingerprint density at radius 1 is 1.32 bits per heavy atom. The first-order chi connectivity index (χ1) is 13.3. The maximum atomic E-state index is 13.7. The van der Waals surface area contributed by atoms with Crippen LogP contribution in [0.3, 0.4) is 0 Å². The third-order valence-corrected chi connectivity index (χ3v) is 3.76. The Hall–Kier alpha value is -3.44. The Kier molecular flexibility index (Phi) is 5.29. The summed E-state index contributed by atoms with van der Waals surface area (Å²) in [6.45, 7) is 2.02. The normalized spacial score (nSPS) is 12.6. The number of rotatable bonds is 6. The van der Waals surface area contributed by atoms with E-state index in [0.29, 0.717) is 11.2 Å². The third-order valence-electron chi connectivity index (χ3n) is 3.76. The number of amides is 1. The number of imidazole rings is 1. The molecule has 0 saturated carbocycles. The van der Waals surface area contributed by atoms with Crippen molar-refractivity contribution in [1.82, 2.24) is 34.8 Å². The van der Waals surface area contributed by atoms with Crippen LogP contribution < -0.4 is 10.1 Å². The molecule has 0 bridgehead atoms. The van der Waals surface area contributed by atoms with Crippen molar-refractivity contribution in [3.8, 4) is 11.7 Å². The van der Waals surface area contributed by atoms with E-state index < -0.39 is 29.4 Å². The average Bonchev–Trinajstić information content (AvgIpc) is 3.30. The highest BCUT2D eigenvalue weighted by atomic mass is 19.4. The first-order valence-electron chi connectivity index (χ1n) is 8.09. The Balaban J connectivity index is 1.88. The summed E-state index contributed by atoms with van der Waals surface area (Å²) in [5, 5.41) is 13.5. The molecule has 0 saturated heterocycles. The molecule has 9 nitrogen and oxygen atoms in total. The molecule has 12 heteroatoms. The van der Waals surface area contributed by atoms with Crippen LogP contribution in [0.5, 0.6) is 5.88 Å². The van der Waals surface area contributed by atoms with Crippen molar-refractivity contribution in [3.05, 3.63) is 48.3 Å². The van der Waals surface area contributed by atoms with E-state index in [1.807, 2.05) is 0 Å². The van der Waals surface area contributed by atoms with Crippen molar-refractivity contribution in [2.45, 2.75) is 25.7 Å². The summed E-state index contributed by atoms with van der Waals surface area (Å²) >= 11 is 0. The number of hydrogen-bond acceptors (Lipinski definition) is 6. The number of carbonyl (C=O) groups is 1. The van der Waals surface area contributed by atoms with Gasteiger partial charge in [-0.2, -0.15) is 18.3 Å². The van der Waals surface area contributed by atoms with Crippen LogP contribution in [0.15, 0.2) is 37.1 Å². The van der Waals surface area contributed by atoms with Crippen LogP contribution in [0.1, 0.15) is 23.0 Å². The molecule has 0 aliphatic rings. The number of carbonyl (C=O) groups excluding carboxylic acids is 1. The van der Waals surface area contributed by atoms with Crippen LogP contribution in [0.2, 0.25) is 0 Å². The minimum absolute atomic E-state index is 0.135. The fraction of sp³-hybridized carbons (Fsp3) is 0.312. The molecule has 0 aliphatic carbocycles. The molecule has 1 amide bonds. The predicted octanol–water partition coefficient (Wildman–Crippen LogP) is 1.70. The van der Waals surface area contributed by atoms with E-state index in [4.69, 9.17) is 4.74 Å². The lowest BCUT2D eigenvalue weighted by Gasteiger charge is -2.16. The van der Waals surface area contributed by atoms with Gasteiger partial charge in [-0.25, -0.2) is 9.67 Å². The van der Waals surface area contributed by atoms with E-state index in [1.165, 1.54) is 19.2 Å². The van der Waals surface area contributed by atoms with E-state index >= 15 is 0 Å². The van der Waals surface area contributed by atoms with Gasteiger partial charge in [0.15, 0.2) is 11.5 Å². The van der Waals surface area contributed by atoms with Gasteiger partial charge in [0.1, 0.15) is 0 Å². The number of nitrogens with one attached hydrogen (secondary N) is 1. The third kappa shape index (κ3) is 4.10. The van der Waals surface area contributed by atoms with E-state index in [9.17, 15) is 18.0 Å². The number of hydrogen-bond donors (Lipinski definition) is 1. The lowest BCUT2D eigenvalue weighted by molar-refractivity contribution is -0.143. The minimum atomic E-state index is -4.83. The molecular weight excluding hydrogens is 379 g/mol. The topological polar surface area (TPSA) is 99.8 Å². The van der Waals surface area contributed by atoms with Crippen LogP contribution in [0, 0.1) is 0 Å². The second-order valence-corrected chi connectivity index (χ2v) is 5.88. The van der Waals surface area contributed by atoms with Crippen LogP contribution in [-0.4, -0.2) is 48.6 Å². The van der Waals surface area contributed by atoms with Crippen molar-refractivity contribution < 1.29 is 22.7 Å². The first-order valence-corrected chi connectivity index (χ1v) is 8.09. The fourth-order valence-corrected chi connectivity index (χ4v) is 2.55. The number of halogens is 3. The standard InChI is InChI=1S/C16H16F3N7O2/c1-10(8-25-6-5-20-9-25)22-15(27)11-7-21-26(14(11)16(17,18)19)12-3-4-13(28-2)24-23-12/h3-7,9-10H,8H2,1-2H3,(H,22,27). The number of ether oxygens (including phenoxy) is 1. The molecule has 3 rings (SSSR count). The van der Waals surface area contributed by atoms with E-state index in [0.717, 1.165) is 6.20 Å². The van der Waals surface area contributed by atoms with Crippen molar-refractivity contribution in [2.75, 3.05) is 7.11 Å². The van der Waals surface area contributed by atoms with E-state index in [2.05, 4.69) is 25.6 Å². The molecule has 3 aromatic rings. The number of methoxy groups -OCH3 is 1.